The van der Waals surface area contributed by atoms with E-state index in [0.29, 0.717) is 6.42 Å². The maximum absolute atomic E-state index is 12.3. The zero-order chi connectivity index (χ0) is 27.6. The summed E-state index contributed by atoms with van der Waals surface area (Å²) in [6, 6.07) is -1.07. The second-order valence-corrected chi connectivity index (χ2v) is 11.5. The lowest BCUT2D eigenvalue weighted by molar-refractivity contribution is -0.122. The van der Waals surface area contributed by atoms with Gasteiger partial charge in [-0.05, 0) is 38.5 Å². The number of hydrogen-bond acceptors (Lipinski definition) is 4. The first-order valence-corrected chi connectivity index (χ1v) is 16.3. The van der Waals surface area contributed by atoms with Crippen LogP contribution in [0.4, 0.5) is 0 Å². The van der Waals surface area contributed by atoms with Crippen molar-refractivity contribution in [2.75, 3.05) is 5.75 Å². The van der Waals surface area contributed by atoms with Crippen LogP contribution in [0.1, 0.15) is 129 Å². The minimum atomic E-state index is -4.34. The second-order valence-electron chi connectivity index (χ2n) is 10.0. The lowest BCUT2D eigenvalue weighted by atomic mass is 10.0. The van der Waals surface area contributed by atoms with Crippen LogP contribution < -0.4 is 5.32 Å². The number of amides is 1. The number of rotatable bonds is 25. The first kappa shape index (κ1) is 35.6. The Morgan fingerprint density at radius 1 is 0.703 bits per heavy atom. The summed E-state index contributed by atoms with van der Waals surface area (Å²) in [5, 5.41) is 13.0. The van der Waals surface area contributed by atoms with Crippen LogP contribution in [0, 0.1) is 0 Å². The van der Waals surface area contributed by atoms with E-state index in [1.165, 1.54) is 63.9 Å². The molecule has 216 valence electrons. The van der Waals surface area contributed by atoms with Crippen LogP contribution in [0.3, 0.4) is 0 Å². The predicted octanol–water partition coefficient (Wildman–Crippen LogP) is 7.45. The molecular weight excluding hydrogens is 486 g/mol. The Balaban J connectivity index is 4.21. The summed E-state index contributed by atoms with van der Waals surface area (Å²) in [4.78, 5) is 12.3. The molecule has 0 aromatic carbocycles. The van der Waals surface area contributed by atoms with Crippen molar-refractivity contribution in [2.24, 2.45) is 0 Å². The van der Waals surface area contributed by atoms with Crippen LogP contribution in [0.5, 0.6) is 0 Å². The van der Waals surface area contributed by atoms with E-state index in [-0.39, 0.29) is 12.3 Å². The highest BCUT2D eigenvalue weighted by Gasteiger charge is 2.24. The fourth-order valence-electron chi connectivity index (χ4n) is 4.07. The molecule has 3 N–H and O–H groups in total. The normalized spacial score (nSPS) is 14.2. The minimum absolute atomic E-state index is 0.286. The van der Waals surface area contributed by atoms with Crippen molar-refractivity contribution in [3.05, 3.63) is 36.5 Å². The van der Waals surface area contributed by atoms with Crippen LogP contribution in [-0.4, -0.2) is 41.9 Å². The first-order valence-electron chi connectivity index (χ1n) is 14.7. The average molecular weight is 542 g/mol. The highest BCUT2D eigenvalue weighted by atomic mass is 32.2. The Kier molecular flexibility index (Phi) is 23.9. The predicted molar refractivity (Wildman–Crippen MR) is 156 cm³/mol. The largest absolute Gasteiger partial charge is 0.387 e. The van der Waals surface area contributed by atoms with Gasteiger partial charge in [-0.3, -0.25) is 9.35 Å². The molecule has 0 aromatic heterocycles. The maximum Gasteiger partial charge on any atom is 0.267 e. The third-order valence-corrected chi connectivity index (χ3v) is 7.06. The highest BCUT2D eigenvalue weighted by molar-refractivity contribution is 7.85. The Morgan fingerprint density at radius 2 is 1.16 bits per heavy atom. The molecule has 0 spiro atoms. The number of hydrogen-bond donors (Lipinski definition) is 3. The molecular formula is C30H55NO5S. The molecule has 0 aromatic rings. The van der Waals surface area contributed by atoms with Crippen molar-refractivity contribution in [1.82, 2.24) is 5.32 Å². The van der Waals surface area contributed by atoms with Crippen molar-refractivity contribution in [1.29, 1.82) is 0 Å². The molecule has 37 heavy (non-hydrogen) atoms. The summed E-state index contributed by atoms with van der Waals surface area (Å²) in [6.07, 6.45) is 29.9. The van der Waals surface area contributed by atoms with Gasteiger partial charge < -0.3 is 10.4 Å². The fraction of sp³-hybridized carbons (Fsp3) is 0.767. The SMILES string of the molecule is CCC/C=C/CC/C=C/CC/C=C/C(O)C(CS(=O)(=O)O)NC(=O)CCCCCCCCCCCCC. The molecule has 0 saturated heterocycles. The van der Waals surface area contributed by atoms with Gasteiger partial charge in [-0.2, -0.15) is 8.42 Å². The smallest absolute Gasteiger partial charge is 0.267 e. The molecule has 2 unspecified atom stereocenters. The zero-order valence-electron chi connectivity index (χ0n) is 23.6. The zero-order valence-corrected chi connectivity index (χ0v) is 24.4. The average Bonchev–Trinajstić information content (AvgIpc) is 2.84. The summed E-state index contributed by atoms with van der Waals surface area (Å²) in [7, 11) is -4.34. The number of allylic oxidation sites excluding steroid dienone is 5. The van der Waals surface area contributed by atoms with Crippen molar-refractivity contribution < 1.29 is 22.9 Å². The number of aliphatic hydroxyl groups excluding tert-OH is 1. The lowest BCUT2D eigenvalue weighted by Crippen LogP contribution is -2.46. The van der Waals surface area contributed by atoms with Gasteiger partial charge >= 0.3 is 0 Å². The molecule has 0 aliphatic heterocycles. The van der Waals surface area contributed by atoms with Crippen LogP contribution in [-0.2, 0) is 14.9 Å². The van der Waals surface area contributed by atoms with Gasteiger partial charge in [-0.1, -0.05) is 121 Å². The van der Waals surface area contributed by atoms with Gasteiger partial charge in [0.2, 0.25) is 5.91 Å². The van der Waals surface area contributed by atoms with Crippen molar-refractivity contribution >= 4 is 16.0 Å². The van der Waals surface area contributed by atoms with Gasteiger partial charge in [0.1, 0.15) is 0 Å². The maximum atomic E-state index is 12.3. The molecule has 0 aliphatic rings. The lowest BCUT2D eigenvalue weighted by Gasteiger charge is -2.21. The van der Waals surface area contributed by atoms with E-state index < -0.39 is 28.0 Å². The van der Waals surface area contributed by atoms with Crippen molar-refractivity contribution in [3.63, 3.8) is 0 Å². The van der Waals surface area contributed by atoms with Crippen molar-refractivity contribution in [3.8, 4) is 0 Å². The van der Waals surface area contributed by atoms with Gasteiger partial charge in [-0.25, -0.2) is 0 Å². The highest BCUT2D eigenvalue weighted by Crippen LogP contribution is 2.12. The first-order chi connectivity index (χ1) is 17.8. The van der Waals surface area contributed by atoms with Gasteiger partial charge in [0, 0.05) is 6.42 Å². The summed E-state index contributed by atoms with van der Waals surface area (Å²) >= 11 is 0. The second kappa shape index (κ2) is 24.9. The van der Waals surface area contributed by atoms with Crippen LogP contribution in [0.2, 0.25) is 0 Å². The number of carbonyl (C=O) groups is 1. The van der Waals surface area contributed by atoms with E-state index in [0.717, 1.165) is 44.9 Å². The topological polar surface area (TPSA) is 104 Å². The van der Waals surface area contributed by atoms with E-state index in [4.69, 9.17) is 0 Å². The Labute approximate surface area is 227 Å². The Hall–Kier alpha value is -1.44. The molecule has 0 radical (unpaired) electrons. The number of carbonyl (C=O) groups excluding carboxylic acids is 1. The van der Waals surface area contributed by atoms with E-state index >= 15 is 0 Å². The quantitative estimate of drug-likeness (QED) is 0.0632. The van der Waals surface area contributed by atoms with E-state index in [2.05, 4.69) is 43.5 Å². The standard InChI is InChI=1S/C30H55NO5S/c1-3-5-7-9-11-13-15-17-19-21-23-25-29(32)28(27-37(34,35)36)31-30(33)26-24-22-20-18-16-14-12-10-8-6-4-2/h7,9,15,17,23,25,28-29,32H,3-6,8,10-14,16,18-22,24,26-27H2,1-2H3,(H,31,33)(H,34,35,36)/b9-7+,17-15+,25-23+. The summed E-state index contributed by atoms with van der Waals surface area (Å²) in [6.45, 7) is 4.39. The summed E-state index contributed by atoms with van der Waals surface area (Å²) < 4.78 is 32.1. The van der Waals surface area contributed by atoms with E-state index in [1.807, 2.05) is 0 Å². The third-order valence-electron chi connectivity index (χ3n) is 6.28. The molecule has 0 aliphatic carbocycles. The Morgan fingerprint density at radius 3 is 1.65 bits per heavy atom. The Bertz CT molecular complexity index is 730. The molecule has 1 amide bonds. The molecule has 0 heterocycles. The molecule has 0 saturated carbocycles. The van der Waals surface area contributed by atoms with Gasteiger partial charge in [0.05, 0.1) is 17.9 Å². The monoisotopic (exact) mass is 541 g/mol. The molecule has 6 nitrogen and oxygen atoms in total. The van der Waals surface area contributed by atoms with Crippen LogP contribution in [0.15, 0.2) is 36.5 Å². The van der Waals surface area contributed by atoms with Gasteiger partial charge in [0.25, 0.3) is 10.1 Å². The third kappa shape index (κ3) is 26.0. The van der Waals surface area contributed by atoms with E-state index in [1.54, 1.807) is 6.08 Å². The molecule has 7 heteroatoms. The summed E-state index contributed by atoms with van der Waals surface area (Å²) in [5.41, 5.74) is 0. The van der Waals surface area contributed by atoms with Crippen molar-refractivity contribution in [2.45, 2.75) is 142 Å². The summed E-state index contributed by atoms with van der Waals surface area (Å²) in [5.74, 6) is -1.01. The molecule has 0 fully saturated rings. The van der Waals surface area contributed by atoms with E-state index in [9.17, 15) is 22.9 Å². The van der Waals surface area contributed by atoms with Crippen LogP contribution >= 0.6 is 0 Å². The minimum Gasteiger partial charge on any atom is -0.387 e. The fourth-order valence-corrected chi connectivity index (χ4v) is 4.81. The van der Waals surface area contributed by atoms with Gasteiger partial charge in [0.15, 0.2) is 0 Å². The number of aliphatic hydroxyl groups is 1. The van der Waals surface area contributed by atoms with Crippen LogP contribution in [0.25, 0.3) is 0 Å². The number of nitrogens with one attached hydrogen (secondary N) is 1. The molecule has 2 atom stereocenters. The van der Waals surface area contributed by atoms with Gasteiger partial charge in [-0.15, -0.1) is 0 Å². The molecule has 0 rings (SSSR count). The number of unbranched alkanes of at least 4 members (excludes halogenated alkanes) is 13. The molecule has 0 bridgehead atoms.